The summed E-state index contributed by atoms with van der Waals surface area (Å²) in [6, 6.07) is 7.07. The predicted octanol–water partition coefficient (Wildman–Crippen LogP) is 3.49. The van der Waals surface area contributed by atoms with Crippen molar-refractivity contribution in [3.05, 3.63) is 47.4 Å². The molecule has 0 unspecified atom stereocenters. The van der Waals surface area contributed by atoms with Crippen LogP contribution in [0.3, 0.4) is 0 Å². The van der Waals surface area contributed by atoms with Crippen molar-refractivity contribution in [2.45, 2.75) is 12.8 Å². The van der Waals surface area contributed by atoms with Crippen LogP contribution in [0, 0.1) is 5.92 Å². The first-order valence-corrected chi connectivity index (χ1v) is 8.93. The van der Waals surface area contributed by atoms with Crippen molar-refractivity contribution in [2.24, 2.45) is 5.92 Å². The lowest BCUT2D eigenvalue weighted by Gasteiger charge is -2.32. The van der Waals surface area contributed by atoms with E-state index in [0.29, 0.717) is 29.4 Å². The Balaban J connectivity index is 1.71. The molecule has 2 amide bonds. The third-order valence-corrected chi connectivity index (χ3v) is 4.84. The number of nitrogens with one attached hydrogen (secondary N) is 1. The molecule has 26 heavy (non-hydrogen) atoms. The van der Waals surface area contributed by atoms with Crippen LogP contribution in [0.2, 0.25) is 5.02 Å². The van der Waals surface area contributed by atoms with Crippen molar-refractivity contribution in [2.75, 3.05) is 37.4 Å². The monoisotopic (exact) mass is 375 g/mol. The molecule has 1 saturated heterocycles. The number of hydrogen-bond donors (Lipinski definition) is 1. The minimum Gasteiger partial charge on any atom is -0.472 e. The van der Waals surface area contributed by atoms with Crippen molar-refractivity contribution < 1.29 is 14.0 Å². The van der Waals surface area contributed by atoms with Crippen molar-refractivity contribution >= 4 is 34.8 Å². The van der Waals surface area contributed by atoms with Gasteiger partial charge in [-0.1, -0.05) is 17.7 Å². The molecule has 1 fully saturated rings. The molecule has 2 heterocycles. The summed E-state index contributed by atoms with van der Waals surface area (Å²) in [4.78, 5) is 28.8. The molecule has 0 spiro atoms. The highest BCUT2D eigenvalue weighted by molar-refractivity contribution is 6.34. The van der Waals surface area contributed by atoms with Crippen LogP contribution in [-0.2, 0) is 4.79 Å². The van der Waals surface area contributed by atoms with Crippen molar-refractivity contribution in [1.82, 2.24) is 4.90 Å². The van der Waals surface area contributed by atoms with E-state index in [1.54, 1.807) is 23.1 Å². The summed E-state index contributed by atoms with van der Waals surface area (Å²) < 4.78 is 4.98. The Kier molecular flexibility index (Phi) is 5.52. The SMILES string of the molecule is CN(C)c1c(Cl)cccc1NC(=O)[C@H]1CCCN(C(=O)c2ccoc2)C1. The van der Waals surface area contributed by atoms with E-state index in [4.69, 9.17) is 16.0 Å². The number of nitrogens with zero attached hydrogens (tertiary/aromatic N) is 2. The van der Waals surface area contributed by atoms with Gasteiger partial charge in [0.25, 0.3) is 5.91 Å². The molecule has 1 atom stereocenters. The number of furan rings is 1. The molecule has 3 rings (SSSR count). The molecule has 1 aromatic carbocycles. The number of anilines is 2. The van der Waals surface area contributed by atoms with Crippen LogP contribution < -0.4 is 10.2 Å². The Hall–Kier alpha value is -2.47. The minimum atomic E-state index is -0.256. The largest absolute Gasteiger partial charge is 0.472 e. The number of benzene rings is 1. The smallest absolute Gasteiger partial charge is 0.257 e. The summed E-state index contributed by atoms with van der Waals surface area (Å²) in [6.45, 7) is 1.04. The summed E-state index contributed by atoms with van der Waals surface area (Å²) in [5.74, 6) is -0.457. The molecule has 7 heteroatoms. The summed E-state index contributed by atoms with van der Waals surface area (Å²) >= 11 is 6.26. The van der Waals surface area contributed by atoms with Crippen LogP contribution in [0.25, 0.3) is 0 Å². The van der Waals surface area contributed by atoms with Crippen LogP contribution in [0.15, 0.2) is 41.2 Å². The quantitative estimate of drug-likeness (QED) is 0.888. The van der Waals surface area contributed by atoms with Gasteiger partial charge in [-0.05, 0) is 31.0 Å². The highest BCUT2D eigenvalue weighted by atomic mass is 35.5. The molecule has 1 aromatic heterocycles. The fourth-order valence-electron chi connectivity index (χ4n) is 3.25. The second-order valence-corrected chi connectivity index (χ2v) is 7.03. The van der Waals surface area contributed by atoms with E-state index in [-0.39, 0.29) is 17.7 Å². The molecule has 1 aliphatic rings. The fraction of sp³-hybridized carbons (Fsp3) is 0.368. The number of likely N-dealkylation sites (tertiary alicyclic amines) is 1. The average molecular weight is 376 g/mol. The Morgan fingerprint density at radius 1 is 1.31 bits per heavy atom. The van der Waals surface area contributed by atoms with E-state index < -0.39 is 0 Å². The van der Waals surface area contributed by atoms with Gasteiger partial charge in [-0.25, -0.2) is 0 Å². The molecule has 0 aliphatic carbocycles. The van der Waals surface area contributed by atoms with Gasteiger partial charge < -0.3 is 19.5 Å². The van der Waals surface area contributed by atoms with Gasteiger partial charge >= 0.3 is 0 Å². The number of para-hydroxylation sites is 1. The molecule has 138 valence electrons. The molecule has 1 aliphatic heterocycles. The van der Waals surface area contributed by atoms with Crippen molar-refractivity contribution in [3.8, 4) is 0 Å². The fourth-order valence-corrected chi connectivity index (χ4v) is 3.59. The number of amides is 2. The van der Waals surface area contributed by atoms with Crippen LogP contribution >= 0.6 is 11.6 Å². The van der Waals surface area contributed by atoms with Crippen LogP contribution in [0.5, 0.6) is 0 Å². The lowest BCUT2D eigenvalue weighted by atomic mass is 9.96. The number of carbonyl (C=O) groups is 2. The van der Waals surface area contributed by atoms with E-state index in [0.717, 1.165) is 18.5 Å². The Morgan fingerprint density at radius 2 is 2.12 bits per heavy atom. The predicted molar refractivity (Wildman–Crippen MR) is 102 cm³/mol. The first-order chi connectivity index (χ1) is 12.5. The molecule has 6 nitrogen and oxygen atoms in total. The lowest BCUT2D eigenvalue weighted by Crippen LogP contribution is -2.43. The van der Waals surface area contributed by atoms with Gasteiger partial charge in [-0.2, -0.15) is 0 Å². The number of carbonyl (C=O) groups excluding carboxylic acids is 2. The maximum atomic E-state index is 12.8. The number of rotatable bonds is 4. The van der Waals surface area contributed by atoms with Crippen LogP contribution in [-0.4, -0.2) is 43.9 Å². The van der Waals surface area contributed by atoms with E-state index >= 15 is 0 Å². The van der Waals surface area contributed by atoms with Gasteiger partial charge in [-0.3, -0.25) is 9.59 Å². The van der Waals surface area contributed by atoms with Gasteiger partial charge in [-0.15, -0.1) is 0 Å². The molecular weight excluding hydrogens is 354 g/mol. The maximum absolute atomic E-state index is 12.8. The minimum absolute atomic E-state index is 0.0972. The van der Waals surface area contributed by atoms with E-state index in [1.165, 1.54) is 12.5 Å². The molecule has 1 N–H and O–H groups in total. The normalized spacial score (nSPS) is 17.0. The zero-order valence-corrected chi connectivity index (χ0v) is 15.6. The third-order valence-electron chi connectivity index (χ3n) is 4.54. The van der Waals surface area contributed by atoms with Gasteiger partial charge in [0, 0.05) is 27.2 Å². The lowest BCUT2D eigenvalue weighted by molar-refractivity contribution is -0.121. The number of piperidine rings is 1. The first-order valence-electron chi connectivity index (χ1n) is 8.55. The average Bonchev–Trinajstić information content (AvgIpc) is 3.15. The second kappa shape index (κ2) is 7.83. The number of halogens is 1. The molecule has 0 radical (unpaired) electrons. The van der Waals surface area contributed by atoms with Gasteiger partial charge in [0.2, 0.25) is 5.91 Å². The molecular formula is C19H22ClN3O3. The molecule has 0 saturated carbocycles. The second-order valence-electron chi connectivity index (χ2n) is 6.62. The Bertz CT molecular complexity index is 789. The molecule has 2 aromatic rings. The van der Waals surface area contributed by atoms with Gasteiger partial charge in [0.15, 0.2) is 0 Å². The Morgan fingerprint density at radius 3 is 2.81 bits per heavy atom. The summed E-state index contributed by atoms with van der Waals surface area (Å²) in [7, 11) is 3.76. The standard InChI is InChI=1S/C19H22ClN3O3/c1-22(2)17-15(20)6-3-7-16(17)21-18(24)13-5-4-9-23(11-13)19(25)14-8-10-26-12-14/h3,6-8,10,12-13H,4-5,9,11H2,1-2H3,(H,21,24)/t13-/m0/s1. The highest BCUT2D eigenvalue weighted by Gasteiger charge is 2.29. The maximum Gasteiger partial charge on any atom is 0.257 e. The highest BCUT2D eigenvalue weighted by Crippen LogP contribution is 2.33. The van der Waals surface area contributed by atoms with Gasteiger partial charge in [0.05, 0.1) is 34.1 Å². The zero-order chi connectivity index (χ0) is 18.7. The van der Waals surface area contributed by atoms with Crippen LogP contribution in [0.4, 0.5) is 11.4 Å². The van der Waals surface area contributed by atoms with Crippen molar-refractivity contribution in [3.63, 3.8) is 0 Å². The number of hydrogen-bond acceptors (Lipinski definition) is 4. The molecule has 0 bridgehead atoms. The Labute approximate surface area is 157 Å². The van der Waals surface area contributed by atoms with Crippen molar-refractivity contribution in [1.29, 1.82) is 0 Å². The summed E-state index contributed by atoms with van der Waals surface area (Å²) in [5, 5.41) is 3.55. The first kappa shape index (κ1) is 18.3. The van der Waals surface area contributed by atoms with Gasteiger partial charge in [0.1, 0.15) is 6.26 Å². The van der Waals surface area contributed by atoms with E-state index in [1.807, 2.05) is 25.1 Å². The van der Waals surface area contributed by atoms with E-state index in [9.17, 15) is 9.59 Å². The van der Waals surface area contributed by atoms with E-state index in [2.05, 4.69) is 5.32 Å². The summed E-state index contributed by atoms with van der Waals surface area (Å²) in [5.41, 5.74) is 1.95. The topological polar surface area (TPSA) is 65.8 Å². The summed E-state index contributed by atoms with van der Waals surface area (Å²) in [6.07, 6.45) is 4.45. The third kappa shape index (κ3) is 3.85. The zero-order valence-electron chi connectivity index (χ0n) is 14.9. The van der Waals surface area contributed by atoms with Crippen LogP contribution in [0.1, 0.15) is 23.2 Å².